The van der Waals surface area contributed by atoms with Crippen molar-refractivity contribution in [3.05, 3.63) is 64.3 Å². The second-order valence-electron chi connectivity index (χ2n) is 5.50. The Labute approximate surface area is 133 Å². The van der Waals surface area contributed by atoms with Crippen LogP contribution in [0.1, 0.15) is 11.3 Å². The summed E-state index contributed by atoms with van der Waals surface area (Å²) in [5, 5.41) is 2.85. The molecule has 0 aliphatic rings. The molecule has 6 heteroatoms. The van der Waals surface area contributed by atoms with Gasteiger partial charge in [0.25, 0.3) is 0 Å². The van der Waals surface area contributed by atoms with E-state index in [-0.39, 0.29) is 18.0 Å². The first-order valence-corrected chi connectivity index (χ1v) is 7.37. The lowest BCUT2D eigenvalue weighted by molar-refractivity contribution is -0.120. The Hall–Kier alpha value is -2.89. The number of rotatable bonds is 4. The molecule has 23 heavy (non-hydrogen) atoms. The van der Waals surface area contributed by atoms with E-state index in [9.17, 15) is 9.59 Å². The van der Waals surface area contributed by atoms with Crippen LogP contribution in [0.25, 0.3) is 11.0 Å². The Kier molecular flexibility index (Phi) is 3.97. The monoisotopic (exact) mass is 310 g/mol. The van der Waals surface area contributed by atoms with Gasteiger partial charge in [0.05, 0.1) is 29.7 Å². The molecule has 2 aromatic heterocycles. The zero-order valence-corrected chi connectivity index (χ0v) is 13.1. The summed E-state index contributed by atoms with van der Waals surface area (Å²) in [6, 6.07) is 11.2. The molecule has 118 valence electrons. The number of aromatic nitrogens is 3. The quantitative estimate of drug-likeness (QED) is 0.785. The predicted molar refractivity (Wildman–Crippen MR) is 87.9 cm³/mol. The number of carbonyl (C=O) groups is 1. The van der Waals surface area contributed by atoms with E-state index >= 15 is 0 Å². The minimum Gasteiger partial charge on any atom is -0.350 e. The number of amides is 1. The zero-order chi connectivity index (χ0) is 16.4. The van der Waals surface area contributed by atoms with E-state index in [2.05, 4.69) is 10.3 Å². The number of hydrogen-bond donors (Lipinski definition) is 1. The fraction of sp³-hybridized carbons (Fsp3) is 0.235. The van der Waals surface area contributed by atoms with Crippen LogP contribution >= 0.6 is 0 Å². The fourth-order valence-corrected chi connectivity index (χ4v) is 2.60. The first-order chi connectivity index (χ1) is 11.1. The highest BCUT2D eigenvalue weighted by Gasteiger charge is 2.10. The first kappa shape index (κ1) is 15.0. The molecule has 0 fully saturated rings. The third kappa shape index (κ3) is 3.01. The van der Waals surface area contributed by atoms with Gasteiger partial charge in [-0.2, -0.15) is 0 Å². The van der Waals surface area contributed by atoms with Crippen LogP contribution in [0.3, 0.4) is 0 Å². The topological polar surface area (TPSA) is 68.9 Å². The number of nitrogens with one attached hydrogen (secondary N) is 1. The van der Waals surface area contributed by atoms with E-state index in [4.69, 9.17) is 0 Å². The minimum atomic E-state index is -0.0732. The third-order valence-corrected chi connectivity index (χ3v) is 3.89. The minimum absolute atomic E-state index is 0.0725. The first-order valence-electron chi connectivity index (χ1n) is 7.37. The summed E-state index contributed by atoms with van der Waals surface area (Å²) < 4.78 is 3.19. The summed E-state index contributed by atoms with van der Waals surface area (Å²) in [7, 11) is 3.47. The molecule has 6 nitrogen and oxygen atoms in total. The summed E-state index contributed by atoms with van der Waals surface area (Å²) >= 11 is 0. The van der Waals surface area contributed by atoms with Crippen molar-refractivity contribution in [1.82, 2.24) is 19.4 Å². The summed E-state index contributed by atoms with van der Waals surface area (Å²) in [4.78, 5) is 28.2. The van der Waals surface area contributed by atoms with Gasteiger partial charge in [0, 0.05) is 20.3 Å². The number of fused-ring (bicyclic) bond motifs is 1. The van der Waals surface area contributed by atoms with Crippen molar-refractivity contribution in [2.75, 3.05) is 0 Å². The number of benzene rings is 1. The van der Waals surface area contributed by atoms with Gasteiger partial charge in [-0.15, -0.1) is 0 Å². The van der Waals surface area contributed by atoms with Crippen molar-refractivity contribution in [3.8, 4) is 0 Å². The van der Waals surface area contributed by atoms with Crippen LogP contribution in [-0.4, -0.2) is 20.0 Å². The molecule has 0 saturated carbocycles. The van der Waals surface area contributed by atoms with Gasteiger partial charge in [-0.05, 0) is 29.8 Å². The molecule has 0 radical (unpaired) electrons. The van der Waals surface area contributed by atoms with E-state index in [1.165, 1.54) is 0 Å². The van der Waals surface area contributed by atoms with Crippen molar-refractivity contribution in [1.29, 1.82) is 0 Å². The van der Waals surface area contributed by atoms with Crippen LogP contribution in [0.15, 0.2) is 47.4 Å². The molecule has 1 amide bonds. The molecule has 1 N–H and O–H groups in total. The Morgan fingerprint density at radius 1 is 1.13 bits per heavy atom. The van der Waals surface area contributed by atoms with Gasteiger partial charge in [-0.1, -0.05) is 12.1 Å². The van der Waals surface area contributed by atoms with E-state index in [0.717, 1.165) is 22.3 Å². The Morgan fingerprint density at radius 3 is 2.65 bits per heavy atom. The number of carbonyl (C=O) groups excluding carboxylic acids is 1. The van der Waals surface area contributed by atoms with E-state index in [1.54, 1.807) is 29.4 Å². The van der Waals surface area contributed by atoms with Gasteiger partial charge in [0.2, 0.25) is 5.91 Å². The molecular weight excluding hydrogens is 292 g/mol. The molecule has 1 aromatic carbocycles. The standard InChI is InChI=1S/C17H18N4O2/c1-20-14-7-6-12(9-15(14)21(2)17(20)23)10-16(22)19-11-13-5-3-4-8-18-13/h3-9H,10-11H2,1-2H3,(H,19,22). The van der Waals surface area contributed by atoms with Crippen molar-refractivity contribution >= 4 is 16.9 Å². The molecular formula is C17H18N4O2. The van der Waals surface area contributed by atoms with E-state index < -0.39 is 0 Å². The van der Waals surface area contributed by atoms with Gasteiger partial charge in [0.1, 0.15) is 0 Å². The average molecular weight is 310 g/mol. The molecule has 0 bridgehead atoms. The second-order valence-corrected chi connectivity index (χ2v) is 5.50. The zero-order valence-electron chi connectivity index (χ0n) is 13.1. The molecule has 0 unspecified atom stereocenters. The van der Waals surface area contributed by atoms with Crippen LogP contribution in [-0.2, 0) is 31.9 Å². The molecule has 0 saturated heterocycles. The highest BCUT2D eigenvalue weighted by atomic mass is 16.2. The van der Waals surface area contributed by atoms with E-state index in [1.807, 2.05) is 36.4 Å². The number of hydrogen-bond acceptors (Lipinski definition) is 3. The lowest BCUT2D eigenvalue weighted by Crippen LogP contribution is -2.24. The van der Waals surface area contributed by atoms with Crippen LogP contribution in [0, 0.1) is 0 Å². The SMILES string of the molecule is Cn1c(=O)n(C)c2cc(CC(=O)NCc3ccccn3)ccc21. The number of aryl methyl sites for hydroxylation is 2. The molecule has 0 spiro atoms. The van der Waals surface area contributed by atoms with E-state index in [0.29, 0.717) is 6.54 Å². The second kappa shape index (κ2) is 6.08. The molecule has 2 heterocycles. The Morgan fingerprint density at radius 2 is 1.91 bits per heavy atom. The number of pyridine rings is 1. The summed E-state index contributed by atoms with van der Waals surface area (Å²) in [5.41, 5.74) is 3.30. The van der Waals surface area contributed by atoms with Crippen molar-refractivity contribution in [2.24, 2.45) is 14.1 Å². The number of nitrogens with zero attached hydrogens (tertiary/aromatic N) is 3. The highest BCUT2D eigenvalue weighted by Crippen LogP contribution is 2.14. The summed E-state index contributed by atoms with van der Waals surface area (Å²) in [5.74, 6) is -0.0732. The van der Waals surface area contributed by atoms with Gasteiger partial charge in [-0.3, -0.25) is 18.9 Å². The molecule has 3 rings (SSSR count). The lowest BCUT2D eigenvalue weighted by atomic mass is 10.1. The molecule has 0 aliphatic heterocycles. The Balaban J connectivity index is 1.72. The predicted octanol–water partition coefficient (Wildman–Crippen LogP) is 1.13. The van der Waals surface area contributed by atoms with Gasteiger partial charge in [-0.25, -0.2) is 4.79 Å². The smallest absolute Gasteiger partial charge is 0.328 e. The van der Waals surface area contributed by atoms with Gasteiger partial charge >= 0.3 is 5.69 Å². The summed E-state index contributed by atoms with van der Waals surface area (Å²) in [6.07, 6.45) is 1.97. The van der Waals surface area contributed by atoms with Crippen LogP contribution in [0.5, 0.6) is 0 Å². The fourth-order valence-electron chi connectivity index (χ4n) is 2.60. The highest BCUT2D eigenvalue weighted by molar-refractivity contribution is 5.82. The maximum Gasteiger partial charge on any atom is 0.328 e. The van der Waals surface area contributed by atoms with Crippen LogP contribution < -0.4 is 11.0 Å². The molecule has 0 aliphatic carbocycles. The maximum atomic E-state index is 12.1. The van der Waals surface area contributed by atoms with Crippen LogP contribution in [0.2, 0.25) is 0 Å². The largest absolute Gasteiger partial charge is 0.350 e. The van der Waals surface area contributed by atoms with Crippen molar-refractivity contribution in [2.45, 2.75) is 13.0 Å². The average Bonchev–Trinajstić information content (AvgIpc) is 2.78. The van der Waals surface area contributed by atoms with Crippen molar-refractivity contribution in [3.63, 3.8) is 0 Å². The number of imidazole rings is 1. The lowest BCUT2D eigenvalue weighted by Gasteiger charge is -2.05. The summed E-state index contributed by atoms with van der Waals surface area (Å²) in [6.45, 7) is 0.408. The molecule has 3 aromatic rings. The third-order valence-electron chi connectivity index (χ3n) is 3.89. The van der Waals surface area contributed by atoms with Crippen molar-refractivity contribution < 1.29 is 4.79 Å². The Bertz CT molecular complexity index is 909. The van der Waals surface area contributed by atoms with Crippen LogP contribution in [0.4, 0.5) is 0 Å². The van der Waals surface area contributed by atoms with Gasteiger partial charge in [0.15, 0.2) is 0 Å². The molecule has 0 atom stereocenters. The van der Waals surface area contributed by atoms with Gasteiger partial charge < -0.3 is 5.32 Å². The maximum absolute atomic E-state index is 12.1. The normalized spacial score (nSPS) is 10.9.